The van der Waals surface area contributed by atoms with Crippen LogP contribution in [0.2, 0.25) is 10.0 Å². The van der Waals surface area contributed by atoms with Gasteiger partial charge in [0.15, 0.2) is 9.84 Å². The molecule has 172 valence electrons. The molecule has 0 spiro atoms. The van der Waals surface area contributed by atoms with Crippen LogP contribution < -0.4 is 4.74 Å². The number of H-pyrrole nitrogens is 1. The summed E-state index contributed by atoms with van der Waals surface area (Å²) < 4.78 is 65.9. The highest BCUT2D eigenvalue weighted by Crippen LogP contribution is 2.44. The van der Waals surface area contributed by atoms with E-state index in [1.165, 1.54) is 36.4 Å². The van der Waals surface area contributed by atoms with Crippen molar-refractivity contribution in [1.29, 1.82) is 0 Å². The molecule has 0 atom stereocenters. The number of aromatic amines is 1. The van der Waals surface area contributed by atoms with Crippen LogP contribution in [-0.2, 0) is 16.3 Å². The maximum Gasteiger partial charge on any atom is 0.573 e. The number of ether oxygens (including phenoxy) is 1. The Kier molecular flexibility index (Phi) is 6.07. The van der Waals surface area contributed by atoms with Crippen LogP contribution in [0.5, 0.6) is 5.75 Å². The lowest BCUT2D eigenvalue weighted by Gasteiger charge is -2.15. The molecule has 3 aromatic carbocycles. The minimum atomic E-state index is -4.88. The highest BCUT2D eigenvalue weighted by atomic mass is 35.5. The van der Waals surface area contributed by atoms with Gasteiger partial charge in [-0.1, -0.05) is 53.5 Å². The summed E-state index contributed by atoms with van der Waals surface area (Å²) >= 11 is 12.9. The highest BCUT2D eigenvalue weighted by Gasteiger charge is 2.33. The van der Waals surface area contributed by atoms with Crippen LogP contribution >= 0.6 is 23.2 Å². The van der Waals surface area contributed by atoms with E-state index in [-0.39, 0.29) is 26.1 Å². The highest BCUT2D eigenvalue weighted by molar-refractivity contribution is 7.90. The lowest BCUT2D eigenvalue weighted by molar-refractivity contribution is -0.274. The van der Waals surface area contributed by atoms with E-state index in [4.69, 9.17) is 23.2 Å². The van der Waals surface area contributed by atoms with Gasteiger partial charge in [0.1, 0.15) is 17.1 Å². The summed E-state index contributed by atoms with van der Waals surface area (Å²) in [4.78, 5) is 7.78. The van der Waals surface area contributed by atoms with E-state index < -0.39 is 21.9 Å². The van der Waals surface area contributed by atoms with Crippen molar-refractivity contribution in [2.24, 2.45) is 0 Å². The Morgan fingerprint density at radius 1 is 1.06 bits per heavy atom. The van der Waals surface area contributed by atoms with Crippen LogP contribution in [-0.4, -0.2) is 31.0 Å². The van der Waals surface area contributed by atoms with E-state index in [1.54, 1.807) is 18.2 Å². The third-order valence-corrected chi connectivity index (χ3v) is 6.62. The number of hydrogen-bond acceptors (Lipinski definition) is 4. The van der Waals surface area contributed by atoms with Gasteiger partial charge < -0.3 is 9.72 Å². The molecular weight excluding hydrogens is 500 g/mol. The molecule has 33 heavy (non-hydrogen) atoms. The van der Waals surface area contributed by atoms with Gasteiger partial charge in [0.05, 0.1) is 20.5 Å². The van der Waals surface area contributed by atoms with Gasteiger partial charge in [0.2, 0.25) is 0 Å². The summed E-state index contributed by atoms with van der Waals surface area (Å²) in [6.07, 6.45) is -3.41. The maximum absolute atomic E-state index is 12.9. The van der Waals surface area contributed by atoms with Crippen molar-refractivity contribution < 1.29 is 26.3 Å². The van der Waals surface area contributed by atoms with Crippen LogP contribution in [0.4, 0.5) is 13.2 Å². The van der Waals surface area contributed by atoms with Gasteiger partial charge >= 0.3 is 6.36 Å². The monoisotopic (exact) mass is 514 g/mol. The summed E-state index contributed by atoms with van der Waals surface area (Å²) in [6, 6.07) is 13.5. The van der Waals surface area contributed by atoms with Gasteiger partial charge in [-0.3, -0.25) is 0 Å². The molecule has 0 amide bonds. The summed E-state index contributed by atoms with van der Waals surface area (Å²) in [6.45, 7) is 0. The topological polar surface area (TPSA) is 72.1 Å². The zero-order chi connectivity index (χ0) is 24.0. The van der Waals surface area contributed by atoms with Crippen LogP contribution in [0.25, 0.3) is 22.2 Å². The molecule has 11 heteroatoms. The van der Waals surface area contributed by atoms with E-state index in [0.29, 0.717) is 23.3 Å². The molecule has 4 aromatic rings. The molecule has 0 fully saturated rings. The van der Waals surface area contributed by atoms with E-state index in [0.717, 1.165) is 11.8 Å². The molecule has 0 aliphatic rings. The first-order valence-electron chi connectivity index (χ1n) is 9.43. The number of halogens is 5. The molecule has 0 saturated heterocycles. The SMILES string of the molecule is CS(=O)(=O)c1ccc(Cc2nc3c(Cl)c(-c4ccccc4OC(F)(F)F)c(Cl)cc3[nH]2)cc1. The minimum absolute atomic E-state index is 0.0747. The lowest BCUT2D eigenvalue weighted by atomic mass is 10.0. The molecule has 0 aliphatic carbocycles. The average Bonchev–Trinajstić information content (AvgIpc) is 3.10. The molecule has 0 bridgehead atoms. The van der Waals surface area contributed by atoms with Crippen molar-refractivity contribution in [3.8, 4) is 16.9 Å². The Labute approximate surface area is 197 Å². The summed E-state index contributed by atoms with van der Waals surface area (Å²) in [5.41, 5.74) is 1.88. The zero-order valence-electron chi connectivity index (χ0n) is 16.9. The molecule has 1 aromatic heterocycles. The number of nitrogens with zero attached hydrogens (tertiary/aromatic N) is 1. The number of aromatic nitrogens is 2. The number of hydrogen-bond donors (Lipinski definition) is 1. The maximum atomic E-state index is 12.9. The predicted octanol–water partition coefficient (Wildman–Crippen LogP) is 6.43. The van der Waals surface area contributed by atoms with Gasteiger partial charge in [0, 0.05) is 23.8 Å². The Hall–Kier alpha value is -2.75. The molecule has 5 nitrogen and oxygen atoms in total. The van der Waals surface area contributed by atoms with Gasteiger partial charge in [0.25, 0.3) is 0 Å². The second-order valence-corrected chi connectivity index (χ2v) is 10.1. The van der Waals surface area contributed by atoms with Crippen molar-refractivity contribution in [1.82, 2.24) is 9.97 Å². The van der Waals surface area contributed by atoms with Gasteiger partial charge in [-0.25, -0.2) is 13.4 Å². The van der Waals surface area contributed by atoms with Crippen molar-refractivity contribution >= 4 is 44.1 Å². The first-order valence-corrected chi connectivity index (χ1v) is 12.1. The Bertz CT molecular complexity index is 1450. The van der Waals surface area contributed by atoms with E-state index in [1.807, 2.05) is 0 Å². The first kappa shape index (κ1) is 23.4. The number of fused-ring (bicyclic) bond motifs is 1. The molecule has 0 radical (unpaired) electrons. The molecular formula is C22H15Cl2F3N2O3S. The Morgan fingerprint density at radius 3 is 2.36 bits per heavy atom. The smallest absolute Gasteiger partial charge is 0.405 e. The van der Waals surface area contributed by atoms with Crippen LogP contribution in [0.3, 0.4) is 0 Å². The average molecular weight is 515 g/mol. The van der Waals surface area contributed by atoms with Crippen molar-refractivity contribution in [3.63, 3.8) is 0 Å². The predicted molar refractivity (Wildman–Crippen MR) is 121 cm³/mol. The number of alkyl halides is 3. The third-order valence-electron chi connectivity index (χ3n) is 4.82. The fourth-order valence-corrected chi connectivity index (χ4v) is 4.73. The summed E-state index contributed by atoms with van der Waals surface area (Å²) in [5.74, 6) is 0.0851. The number of rotatable bonds is 5. The lowest BCUT2D eigenvalue weighted by Crippen LogP contribution is -2.17. The molecule has 0 unspecified atom stereocenters. The van der Waals surface area contributed by atoms with E-state index in [2.05, 4.69) is 14.7 Å². The minimum Gasteiger partial charge on any atom is -0.405 e. The van der Waals surface area contributed by atoms with Crippen molar-refractivity contribution in [2.75, 3.05) is 6.26 Å². The number of benzene rings is 3. The number of imidazole rings is 1. The number of sulfone groups is 1. The quantitative estimate of drug-likeness (QED) is 0.333. The summed E-state index contributed by atoms with van der Waals surface area (Å²) in [5, 5.41) is 0.198. The van der Waals surface area contributed by atoms with Crippen LogP contribution in [0.15, 0.2) is 59.5 Å². The fourth-order valence-electron chi connectivity index (χ4n) is 3.40. The van der Waals surface area contributed by atoms with Gasteiger partial charge in [-0.2, -0.15) is 0 Å². The standard InChI is InChI=1S/C22H15Cl2F3N2O3S/c1-33(30,31)13-8-6-12(7-9-13)10-18-28-16-11-15(23)19(20(24)21(16)29-18)14-4-2-3-5-17(14)32-22(25,26)27/h2-9,11H,10H2,1H3,(H,28,29). The molecule has 0 saturated carbocycles. The normalized spacial score (nSPS) is 12.3. The van der Waals surface area contributed by atoms with Crippen molar-refractivity contribution in [3.05, 3.63) is 76.0 Å². The number of para-hydroxylation sites is 1. The zero-order valence-corrected chi connectivity index (χ0v) is 19.2. The Morgan fingerprint density at radius 2 is 1.73 bits per heavy atom. The first-order chi connectivity index (χ1) is 15.4. The Balaban J connectivity index is 1.73. The number of nitrogens with one attached hydrogen (secondary N) is 1. The second-order valence-electron chi connectivity index (χ2n) is 7.26. The molecule has 1 N–H and O–H groups in total. The van der Waals surface area contributed by atoms with Crippen LogP contribution in [0, 0.1) is 0 Å². The van der Waals surface area contributed by atoms with Gasteiger partial charge in [-0.15, -0.1) is 13.2 Å². The second kappa shape index (κ2) is 8.55. The largest absolute Gasteiger partial charge is 0.573 e. The van der Waals surface area contributed by atoms with Gasteiger partial charge in [-0.05, 0) is 29.8 Å². The van der Waals surface area contributed by atoms with Crippen LogP contribution in [0.1, 0.15) is 11.4 Å². The third kappa shape index (κ3) is 5.10. The van der Waals surface area contributed by atoms with Crippen molar-refractivity contribution in [2.45, 2.75) is 17.7 Å². The molecule has 4 rings (SSSR count). The summed E-state index contributed by atoms with van der Waals surface area (Å²) in [7, 11) is -3.31. The van der Waals surface area contributed by atoms with E-state index >= 15 is 0 Å². The molecule has 0 aliphatic heterocycles. The molecule has 1 heterocycles. The van der Waals surface area contributed by atoms with E-state index in [9.17, 15) is 21.6 Å². The fraction of sp³-hybridized carbons (Fsp3) is 0.136.